The zero-order chi connectivity index (χ0) is 13.1. The van der Waals surface area contributed by atoms with Gasteiger partial charge in [-0.1, -0.05) is 6.07 Å². The van der Waals surface area contributed by atoms with Crippen molar-refractivity contribution in [3.8, 4) is 0 Å². The van der Waals surface area contributed by atoms with E-state index in [-0.39, 0.29) is 6.04 Å². The molecular formula is C14H16BrN3S. The van der Waals surface area contributed by atoms with E-state index in [2.05, 4.69) is 60.8 Å². The van der Waals surface area contributed by atoms with Crippen molar-refractivity contribution in [2.75, 3.05) is 26.2 Å². The van der Waals surface area contributed by atoms with E-state index in [1.54, 1.807) is 0 Å². The van der Waals surface area contributed by atoms with E-state index in [9.17, 15) is 0 Å². The first kappa shape index (κ1) is 13.2. The van der Waals surface area contributed by atoms with Crippen LogP contribution in [0.3, 0.4) is 0 Å². The molecule has 2 aromatic heterocycles. The van der Waals surface area contributed by atoms with Gasteiger partial charge in [0, 0.05) is 41.7 Å². The SMILES string of the molecule is Brc1ccc([C@H](c2cccs2)N2CCNCC2)nc1. The van der Waals surface area contributed by atoms with Crippen LogP contribution < -0.4 is 5.32 Å². The molecule has 0 bridgehead atoms. The van der Waals surface area contributed by atoms with Crippen molar-refractivity contribution in [3.63, 3.8) is 0 Å². The third-order valence-corrected chi connectivity index (χ3v) is 4.75. The molecule has 1 fully saturated rings. The lowest BCUT2D eigenvalue weighted by atomic mass is 10.1. The van der Waals surface area contributed by atoms with Gasteiger partial charge in [-0.2, -0.15) is 0 Å². The lowest BCUT2D eigenvalue weighted by Crippen LogP contribution is -2.45. The topological polar surface area (TPSA) is 28.2 Å². The quantitative estimate of drug-likeness (QED) is 0.933. The van der Waals surface area contributed by atoms with Crippen molar-refractivity contribution in [2.24, 2.45) is 0 Å². The molecule has 0 unspecified atom stereocenters. The lowest BCUT2D eigenvalue weighted by molar-refractivity contribution is 0.198. The molecular weight excluding hydrogens is 322 g/mol. The van der Waals surface area contributed by atoms with Crippen molar-refractivity contribution in [3.05, 3.63) is 50.9 Å². The number of rotatable bonds is 3. The first-order chi connectivity index (χ1) is 9.34. The van der Waals surface area contributed by atoms with Crippen LogP contribution in [0.25, 0.3) is 0 Å². The Hall–Kier alpha value is -0.750. The van der Waals surface area contributed by atoms with E-state index in [0.29, 0.717) is 0 Å². The van der Waals surface area contributed by atoms with E-state index in [4.69, 9.17) is 0 Å². The van der Waals surface area contributed by atoms with E-state index in [1.807, 2.05) is 17.5 Å². The van der Waals surface area contributed by atoms with E-state index < -0.39 is 0 Å². The second-order valence-corrected chi connectivity index (χ2v) is 6.50. The van der Waals surface area contributed by atoms with Gasteiger partial charge in [-0.05, 0) is 39.5 Å². The number of nitrogens with zero attached hydrogens (tertiary/aromatic N) is 2. The smallest absolute Gasteiger partial charge is 0.0870 e. The number of thiophene rings is 1. The summed E-state index contributed by atoms with van der Waals surface area (Å²) in [6, 6.07) is 8.81. The molecule has 19 heavy (non-hydrogen) atoms. The second kappa shape index (κ2) is 6.13. The number of pyridine rings is 1. The molecule has 1 aliphatic heterocycles. The van der Waals surface area contributed by atoms with Crippen LogP contribution in [-0.4, -0.2) is 36.1 Å². The molecule has 1 saturated heterocycles. The molecule has 0 spiro atoms. The summed E-state index contributed by atoms with van der Waals surface area (Å²) in [6.45, 7) is 4.25. The molecule has 5 heteroatoms. The zero-order valence-electron chi connectivity index (χ0n) is 10.6. The molecule has 0 amide bonds. The second-order valence-electron chi connectivity index (χ2n) is 4.61. The Bertz CT molecular complexity index is 506. The van der Waals surface area contributed by atoms with Crippen molar-refractivity contribution >= 4 is 27.3 Å². The molecule has 1 atom stereocenters. The maximum atomic E-state index is 4.61. The standard InChI is InChI=1S/C14H16BrN3S/c15-11-3-4-12(17-10-11)14(13-2-1-9-19-13)18-7-5-16-6-8-18/h1-4,9-10,14,16H,5-8H2/t14-/m1/s1. The minimum Gasteiger partial charge on any atom is -0.314 e. The molecule has 0 aromatic carbocycles. The van der Waals surface area contributed by atoms with Gasteiger partial charge in [0.2, 0.25) is 0 Å². The fraction of sp³-hybridized carbons (Fsp3) is 0.357. The van der Waals surface area contributed by atoms with Crippen LogP contribution in [0, 0.1) is 0 Å². The van der Waals surface area contributed by atoms with Gasteiger partial charge in [-0.15, -0.1) is 11.3 Å². The van der Waals surface area contributed by atoms with Crippen molar-refractivity contribution in [1.29, 1.82) is 0 Å². The van der Waals surface area contributed by atoms with E-state index in [1.165, 1.54) is 4.88 Å². The van der Waals surface area contributed by atoms with Crippen molar-refractivity contribution in [1.82, 2.24) is 15.2 Å². The van der Waals surface area contributed by atoms with Gasteiger partial charge in [0.25, 0.3) is 0 Å². The zero-order valence-corrected chi connectivity index (χ0v) is 13.0. The molecule has 3 nitrogen and oxygen atoms in total. The molecule has 3 heterocycles. The summed E-state index contributed by atoms with van der Waals surface area (Å²) < 4.78 is 1.03. The Morgan fingerprint density at radius 2 is 2.11 bits per heavy atom. The predicted molar refractivity (Wildman–Crippen MR) is 82.5 cm³/mol. The third-order valence-electron chi connectivity index (χ3n) is 3.36. The van der Waals surface area contributed by atoms with Crippen LogP contribution in [0.1, 0.15) is 16.6 Å². The van der Waals surface area contributed by atoms with Gasteiger partial charge >= 0.3 is 0 Å². The highest BCUT2D eigenvalue weighted by Gasteiger charge is 2.25. The van der Waals surface area contributed by atoms with Gasteiger partial charge in [0.1, 0.15) is 0 Å². The average Bonchev–Trinajstić information content (AvgIpc) is 2.96. The summed E-state index contributed by atoms with van der Waals surface area (Å²) in [5.74, 6) is 0. The maximum absolute atomic E-state index is 4.61. The highest BCUT2D eigenvalue weighted by atomic mass is 79.9. The van der Waals surface area contributed by atoms with Crippen molar-refractivity contribution in [2.45, 2.75) is 6.04 Å². The van der Waals surface area contributed by atoms with Crippen molar-refractivity contribution < 1.29 is 0 Å². The highest BCUT2D eigenvalue weighted by molar-refractivity contribution is 9.10. The summed E-state index contributed by atoms with van der Waals surface area (Å²) in [5, 5.41) is 5.55. The van der Waals surface area contributed by atoms with E-state index in [0.717, 1.165) is 36.3 Å². The van der Waals surface area contributed by atoms with Crippen LogP contribution in [0.2, 0.25) is 0 Å². The molecule has 1 aliphatic rings. The summed E-state index contributed by atoms with van der Waals surface area (Å²) in [7, 11) is 0. The van der Waals surface area contributed by atoms with Crippen LogP contribution >= 0.6 is 27.3 Å². The number of nitrogens with one attached hydrogen (secondary N) is 1. The first-order valence-electron chi connectivity index (χ1n) is 6.44. The van der Waals surface area contributed by atoms with Gasteiger partial charge in [-0.25, -0.2) is 0 Å². The fourth-order valence-corrected chi connectivity index (χ4v) is 3.55. The third kappa shape index (κ3) is 3.05. The summed E-state index contributed by atoms with van der Waals surface area (Å²) >= 11 is 5.27. The fourth-order valence-electron chi connectivity index (χ4n) is 2.45. The molecule has 1 N–H and O–H groups in total. The van der Waals surface area contributed by atoms with Gasteiger partial charge in [0.05, 0.1) is 11.7 Å². The largest absolute Gasteiger partial charge is 0.314 e. The molecule has 0 saturated carbocycles. The van der Waals surface area contributed by atoms with Crippen LogP contribution in [-0.2, 0) is 0 Å². The van der Waals surface area contributed by atoms with Gasteiger partial charge in [-0.3, -0.25) is 9.88 Å². The predicted octanol–water partition coefficient (Wildman–Crippen LogP) is 2.90. The van der Waals surface area contributed by atoms with Crippen LogP contribution in [0.15, 0.2) is 40.3 Å². The van der Waals surface area contributed by atoms with Gasteiger partial charge in [0.15, 0.2) is 0 Å². The minimum absolute atomic E-state index is 0.287. The van der Waals surface area contributed by atoms with Crippen LogP contribution in [0.4, 0.5) is 0 Å². The number of hydrogen-bond acceptors (Lipinski definition) is 4. The molecule has 2 aromatic rings. The molecule has 0 aliphatic carbocycles. The maximum Gasteiger partial charge on any atom is 0.0870 e. The minimum atomic E-state index is 0.287. The number of halogens is 1. The van der Waals surface area contributed by atoms with Gasteiger partial charge < -0.3 is 5.32 Å². The summed E-state index contributed by atoms with van der Waals surface area (Å²) in [4.78, 5) is 8.49. The Balaban J connectivity index is 1.93. The monoisotopic (exact) mass is 337 g/mol. The van der Waals surface area contributed by atoms with Crippen LogP contribution in [0.5, 0.6) is 0 Å². The average molecular weight is 338 g/mol. The number of hydrogen-bond donors (Lipinski definition) is 1. The molecule has 100 valence electrons. The number of aromatic nitrogens is 1. The Morgan fingerprint density at radius 3 is 2.74 bits per heavy atom. The normalized spacial score (nSPS) is 18.4. The Morgan fingerprint density at radius 1 is 1.26 bits per heavy atom. The lowest BCUT2D eigenvalue weighted by Gasteiger charge is -2.34. The summed E-state index contributed by atoms with van der Waals surface area (Å²) in [6.07, 6.45) is 1.89. The molecule has 0 radical (unpaired) electrons. The Kier molecular flexibility index (Phi) is 4.28. The summed E-state index contributed by atoms with van der Waals surface area (Å²) in [5.41, 5.74) is 1.13. The Labute approximate surface area is 125 Å². The molecule has 3 rings (SSSR count). The highest BCUT2D eigenvalue weighted by Crippen LogP contribution is 2.31. The first-order valence-corrected chi connectivity index (χ1v) is 8.11. The van der Waals surface area contributed by atoms with E-state index >= 15 is 0 Å². The number of piperazine rings is 1.